The molecule has 0 atom stereocenters. The molecule has 0 bridgehead atoms. The average molecular weight is 368 g/mol. The summed E-state index contributed by atoms with van der Waals surface area (Å²) in [5.41, 5.74) is 2.93. The summed E-state index contributed by atoms with van der Waals surface area (Å²) in [5, 5.41) is 8.71. The highest BCUT2D eigenvalue weighted by molar-refractivity contribution is 5.77. The summed E-state index contributed by atoms with van der Waals surface area (Å²) < 4.78 is 26.4. The highest BCUT2D eigenvalue weighted by Gasteiger charge is 2.04. The molecule has 2 aromatic rings. The average Bonchev–Trinajstić information content (AvgIpc) is 2.76. The third-order valence-corrected chi connectivity index (χ3v) is 3.28. The molecule has 0 aliphatic heterocycles. The number of pyridine rings is 1. The molecule has 0 saturated heterocycles. The van der Waals surface area contributed by atoms with Crippen LogP contribution >= 0.6 is 0 Å². The van der Waals surface area contributed by atoms with Crippen LogP contribution in [-0.2, 0) is 0 Å². The van der Waals surface area contributed by atoms with Crippen molar-refractivity contribution in [1.29, 1.82) is 5.26 Å². The normalized spacial score (nSPS) is 11.4. The van der Waals surface area contributed by atoms with Crippen molar-refractivity contribution in [2.45, 2.75) is 34.6 Å². The van der Waals surface area contributed by atoms with E-state index < -0.39 is 5.83 Å². The Hall–Kier alpha value is -3.06. The summed E-state index contributed by atoms with van der Waals surface area (Å²) in [4.78, 5) is 3.97. The lowest BCUT2D eigenvalue weighted by atomic mass is 10.00. The summed E-state index contributed by atoms with van der Waals surface area (Å²) >= 11 is 0. The third kappa shape index (κ3) is 7.79. The first-order chi connectivity index (χ1) is 13.2. The van der Waals surface area contributed by atoms with Crippen LogP contribution in [0, 0.1) is 11.3 Å². The summed E-state index contributed by atoms with van der Waals surface area (Å²) in [6.07, 6.45) is 6.05. The molecule has 0 fully saturated rings. The molecule has 0 aliphatic rings. The van der Waals surface area contributed by atoms with Crippen LogP contribution in [0.15, 0.2) is 78.7 Å². The predicted octanol–water partition coefficient (Wildman–Crippen LogP) is 7.43. The van der Waals surface area contributed by atoms with Crippen molar-refractivity contribution in [3.05, 3.63) is 84.2 Å². The Morgan fingerprint density at radius 1 is 0.963 bits per heavy atom. The van der Waals surface area contributed by atoms with Gasteiger partial charge in [0, 0.05) is 12.4 Å². The van der Waals surface area contributed by atoms with E-state index in [2.05, 4.69) is 4.98 Å². The van der Waals surface area contributed by atoms with Crippen LogP contribution in [0.5, 0.6) is 0 Å². The van der Waals surface area contributed by atoms with Gasteiger partial charge in [-0.1, -0.05) is 52.0 Å². The zero-order valence-electron chi connectivity index (χ0n) is 16.5. The summed E-state index contributed by atoms with van der Waals surface area (Å²) in [6.45, 7) is 9.37. The van der Waals surface area contributed by atoms with E-state index >= 15 is 0 Å². The molecule has 0 spiro atoms. The summed E-state index contributed by atoms with van der Waals surface area (Å²) in [5.74, 6) is -0.682. The monoisotopic (exact) mass is 368 g/mol. The van der Waals surface area contributed by atoms with Crippen molar-refractivity contribution in [2.24, 2.45) is 0 Å². The Balaban J connectivity index is 0.00000158. The van der Waals surface area contributed by atoms with Gasteiger partial charge < -0.3 is 0 Å². The fourth-order valence-corrected chi connectivity index (χ4v) is 1.99. The summed E-state index contributed by atoms with van der Waals surface area (Å²) in [6, 6.07) is 12.8. The van der Waals surface area contributed by atoms with Crippen LogP contribution in [0.2, 0.25) is 0 Å². The number of nitrogens with zero attached hydrogens (tertiary/aromatic N) is 2. The molecule has 0 N–H and O–H groups in total. The molecule has 1 aromatic heterocycles. The van der Waals surface area contributed by atoms with Gasteiger partial charge in [0.25, 0.3) is 0 Å². The lowest BCUT2D eigenvalue weighted by Gasteiger charge is -2.05. The van der Waals surface area contributed by atoms with Crippen molar-refractivity contribution >= 4 is 5.57 Å². The molecule has 0 radical (unpaired) electrons. The van der Waals surface area contributed by atoms with E-state index in [0.717, 1.165) is 23.3 Å². The maximum absolute atomic E-state index is 13.8. The van der Waals surface area contributed by atoms with E-state index in [-0.39, 0.29) is 5.57 Å². The number of hydrogen-bond donors (Lipinski definition) is 0. The van der Waals surface area contributed by atoms with Gasteiger partial charge in [-0.05, 0) is 53.5 Å². The van der Waals surface area contributed by atoms with Crippen LogP contribution in [-0.4, -0.2) is 4.98 Å². The molecule has 0 aliphatic carbocycles. The Morgan fingerprint density at radius 3 is 1.96 bits per heavy atom. The highest BCUT2D eigenvalue weighted by atomic mass is 19.1. The maximum atomic E-state index is 13.8. The van der Waals surface area contributed by atoms with Gasteiger partial charge in [0.15, 0.2) is 0 Å². The van der Waals surface area contributed by atoms with Crippen LogP contribution in [0.3, 0.4) is 0 Å². The molecule has 0 unspecified atom stereocenters. The molecule has 4 heteroatoms. The van der Waals surface area contributed by atoms with E-state index in [9.17, 15) is 8.78 Å². The zero-order chi connectivity index (χ0) is 20.7. The van der Waals surface area contributed by atoms with E-state index in [1.165, 1.54) is 6.92 Å². The van der Waals surface area contributed by atoms with Gasteiger partial charge in [0.2, 0.25) is 0 Å². The van der Waals surface area contributed by atoms with Crippen molar-refractivity contribution in [3.63, 3.8) is 0 Å². The Kier molecular flexibility index (Phi) is 12.5. The Bertz CT molecular complexity index is 797. The molecular formula is C23H26F2N2. The molecule has 1 aromatic carbocycles. The Morgan fingerprint density at radius 2 is 1.48 bits per heavy atom. The number of halogens is 2. The maximum Gasteiger partial charge on any atom is 0.137 e. The predicted molar refractivity (Wildman–Crippen MR) is 110 cm³/mol. The van der Waals surface area contributed by atoms with E-state index in [1.54, 1.807) is 30.6 Å². The smallest absolute Gasteiger partial charge is 0.137 e. The number of benzene rings is 1. The largest absolute Gasteiger partial charge is 0.265 e. The van der Waals surface area contributed by atoms with E-state index in [0.29, 0.717) is 17.5 Å². The van der Waals surface area contributed by atoms with Crippen molar-refractivity contribution in [3.8, 4) is 17.2 Å². The number of hydrogen-bond acceptors (Lipinski definition) is 2. The topological polar surface area (TPSA) is 36.7 Å². The molecule has 2 rings (SSSR count). The number of allylic oxidation sites excluding steroid dienone is 5. The lowest BCUT2D eigenvalue weighted by molar-refractivity contribution is 0.659. The Labute approximate surface area is 161 Å². The highest BCUT2D eigenvalue weighted by Crippen LogP contribution is 2.24. The van der Waals surface area contributed by atoms with Gasteiger partial charge >= 0.3 is 0 Å². The van der Waals surface area contributed by atoms with Crippen LogP contribution in [0.1, 0.15) is 40.2 Å². The first-order valence-electron chi connectivity index (χ1n) is 8.91. The van der Waals surface area contributed by atoms with Gasteiger partial charge in [-0.3, -0.25) is 4.98 Å². The number of nitriles is 1. The second-order valence-corrected chi connectivity index (χ2v) is 4.79. The fourth-order valence-electron chi connectivity index (χ4n) is 1.99. The van der Waals surface area contributed by atoms with Gasteiger partial charge in [-0.2, -0.15) is 5.26 Å². The molecule has 142 valence electrons. The second-order valence-electron chi connectivity index (χ2n) is 4.79. The summed E-state index contributed by atoms with van der Waals surface area (Å²) in [7, 11) is 0. The van der Waals surface area contributed by atoms with Gasteiger partial charge in [-0.25, -0.2) is 8.78 Å². The van der Waals surface area contributed by atoms with Crippen LogP contribution in [0.4, 0.5) is 8.78 Å². The molecular weight excluding hydrogens is 342 g/mol. The van der Waals surface area contributed by atoms with Gasteiger partial charge in [-0.15, -0.1) is 0 Å². The first kappa shape index (κ1) is 23.9. The standard InChI is InChI=1S/C19H14F2N2.2C2H6/c1-14(13-22)19(21)12-18(6-9-20)16-4-2-15(3-5-16)17-7-10-23-11-8-17;2*1-2/h2-12H,1H3;2*1-2H3/b9-6+,18-12+,19-14-;;. The minimum Gasteiger partial charge on any atom is -0.265 e. The third-order valence-electron chi connectivity index (χ3n) is 3.28. The number of aromatic nitrogens is 1. The minimum absolute atomic E-state index is 0.0526. The molecule has 0 saturated carbocycles. The van der Waals surface area contributed by atoms with E-state index in [4.69, 9.17) is 5.26 Å². The van der Waals surface area contributed by atoms with Gasteiger partial charge in [0.05, 0.1) is 18.0 Å². The van der Waals surface area contributed by atoms with Crippen LogP contribution in [0.25, 0.3) is 16.7 Å². The van der Waals surface area contributed by atoms with Crippen molar-refractivity contribution in [2.75, 3.05) is 0 Å². The SMILES string of the molecule is CC.CC.C\C(C#N)=C(F)/C=C(\C=C\F)c1ccc(-c2ccncc2)cc1. The molecule has 0 amide bonds. The minimum atomic E-state index is -0.682. The fraction of sp³-hybridized carbons (Fsp3) is 0.217. The second kappa shape index (κ2) is 14.1. The molecule has 2 nitrogen and oxygen atoms in total. The van der Waals surface area contributed by atoms with Crippen molar-refractivity contribution in [1.82, 2.24) is 4.98 Å². The first-order valence-corrected chi connectivity index (χ1v) is 8.91. The van der Waals surface area contributed by atoms with E-state index in [1.807, 2.05) is 52.0 Å². The molecule has 1 heterocycles. The van der Waals surface area contributed by atoms with Crippen LogP contribution < -0.4 is 0 Å². The van der Waals surface area contributed by atoms with Gasteiger partial charge in [0.1, 0.15) is 5.83 Å². The molecule has 27 heavy (non-hydrogen) atoms. The zero-order valence-corrected chi connectivity index (χ0v) is 16.5. The lowest BCUT2D eigenvalue weighted by Crippen LogP contribution is -1.85. The quantitative estimate of drug-likeness (QED) is 0.415. The van der Waals surface area contributed by atoms with Crippen molar-refractivity contribution < 1.29 is 8.78 Å². The number of rotatable bonds is 4.